The Morgan fingerprint density at radius 1 is 1.30 bits per heavy atom. The standard InChI is InChI=1S/C19H17N5O2S/c1-3-26-19(25)17-10(2)23-18(27-17)12-6-11-8-14(15-9-21-4-5-22-15)24-16(11)13(20)7-12/h4-9,24H,3,20H2,1-2H3. The minimum Gasteiger partial charge on any atom is -0.462 e. The molecule has 0 spiro atoms. The molecule has 0 amide bonds. The van der Waals surface area contributed by atoms with Crippen LogP contribution in [0.25, 0.3) is 32.9 Å². The van der Waals surface area contributed by atoms with Gasteiger partial charge in [0.15, 0.2) is 0 Å². The van der Waals surface area contributed by atoms with Crippen LogP contribution in [0.1, 0.15) is 22.3 Å². The van der Waals surface area contributed by atoms with Gasteiger partial charge in [0.05, 0.1) is 35.4 Å². The molecule has 4 rings (SSSR count). The van der Waals surface area contributed by atoms with E-state index in [-0.39, 0.29) is 5.97 Å². The number of rotatable bonds is 4. The Kier molecular flexibility index (Phi) is 4.33. The van der Waals surface area contributed by atoms with Gasteiger partial charge in [0, 0.05) is 23.3 Å². The van der Waals surface area contributed by atoms with E-state index in [1.807, 2.05) is 18.2 Å². The zero-order valence-electron chi connectivity index (χ0n) is 14.8. The van der Waals surface area contributed by atoms with E-state index >= 15 is 0 Å². The Labute approximate surface area is 159 Å². The monoisotopic (exact) mass is 379 g/mol. The van der Waals surface area contributed by atoms with E-state index < -0.39 is 0 Å². The number of benzene rings is 1. The highest BCUT2D eigenvalue weighted by molar-refractivity contribution is 7.17. The van der Waals surface area contributed by atoms with Crippen LogP contribution in [0.2, 0.25) is 0 Å². The number of aryl methyl sites for hydroxylation is 1. The van der Waals surface area contributed by atoms with Gasteiger partial charge in [-0.3, -0.25) is 9.97 Å². The van der Waals surface area contributed by atoms with Gasteiger partial charge in [0.25, 0.3) is 0 Å². The van der Waals surface area contributed by atoms with Gasteiger partial charge < -0.3 is 15.5 Å². The van der Waals surface area contributed by atoms with Gasteiger partial charge in [-0.1, -0.05) is 0 Å². The molecule has 1 aromatic carbocycles. The number of H-pyrrole nitrogens is 1. The van der Waals surface area contributed by atoms with Crippen LogP contribution in [0.3, 0.4) is 0 Å². The fraction of sp³-hybridized carbons (Fsp3) is 0.158. The molecule has 136 valence electrons. The largest absolute Gasteiger partial charge is 0.462 e. The summed E-state index contributed by atoms with van der Waals surface area (Å²) in [5.74, 6) is -0.348. The van der Waals surface area contributed by atoms with E-state index in [1.165, 1.54) is 11.3 Å². The van der Waals surface area contributed by atoms with E-state index in [0.29, 0.717) is 22.9 Å². The molecular formula is C19H17N5O2S. The van der Waals surface area contributed by atoms with Crippen LogP contribution in [0, 0.1) is 6.92 Å². The minimum absolute atomic E-state index is 0.332. The van der Waals surface area contributed by atoms with Crippen molar-refractivity contribution in [3.05, 3.63) is 47.4 Å². The number of aromatic amines is 1. The Morgan fingerprint density at radius 2 is 2.15 bits per heavy atom. The summed E-state index contributed by atoms with van der Waals surface area (Å²) in [5, 5.41) is 1.67. The zero-order valence-corrected chi connectivity index (χ0v) is 15.6. The number of nitrogens with two attached hydrogens (primary N) is 1. The molecule has 0 saturated heterocycles. The lowest BCUT2D eigenvalue weighted by Crippen LogP contribution is -2.03. The number of aromatic nitrogens is 4. The number of nitrogen functional groups attached to an aromatic ring is 1. The molecule has 0 aliphatic heterocycles. The summed E-state index contributed by atoms with van der Waals surface area (Å²) in [6, 6.07) is 5.83. The van der Waals surface area contributed by atoms with Crippen LogP contribution in [-0.2, 0) is 4.74 Å². The number of anilines is 1. The molecule has 0 unspecified atom stereocenters. The molecule has 8 heteroatoms. The van der Waals surface area contributed by atoms with E-state index in [4.69, 9.17) is 10.5 Å². The number of esters is 1. The summed E-state index contributed by atoms with van der Waals surface area (Å²) in [6.07, 6.45) is 4.97. The third-order valence-corrected chi connectivity index (χ3v) is 5.29. The van der Waals surface area contributed by atoms with Crippen molar-refractivity contribution in [3.8, 4) is 22.0 Å². The van der Waals surface area contributed by atoms with E-state index in [2.05, 4.69) is 19.9 Å². The zero-order chi connectivity index (χ0) is 19.0. The van der Waals surface area contributed by atoms with Gasteiger partial charge in [-0.15, -0.1) is 11.3 Å². The van der Waals surface area contributed by atoms with Crippen molar-refractivity contribution in [2.45, 2.75) is 13.8 Å². The Morgan fingerprint density at radius 3 is 2.89 bits per heavy atom. The molecule has 4 aromatic rings. The Balaban J connectivity index is 1.78. The summed E-state index contributed by atoms with van der Waals surface area (Å²) in [6.45, 7) is 3.92. The van der Waals surface area contributed by atoms with Gasteiger partial charge in [0.1, 0.15) is 15.6 Å². The number of fused-ring (bicyclic) bond motifs is 1. The first-order chi connectivity index (χ1) is 13.1. The molecule has 0 bridgehead atoms. The molecule has 3 aromatic heterocycles. The number of ether oxygens (including phenoxy) is 1. The van der Waals surface area contributed by atoms with Crippen molar-refractivity contribution < 1.29 is 9.53 Å². The molecule has 7 nitrogen and oxygen atoms in total. The highest BCUT2D eigenvalue weighted by Gasteiger charge is 2.18. The summed E-state index contributed by atoms with van der Waals surface area (Å²) in [5.41, 5.74) is 10.8. The van der Waals surface area contributed by atoms with E-state index in [1.54, 1.807) is 32.4 Å². The van der Waals surface area contributed by atoms with Crippen molar-refractivity contribution in [2.75, 3.05) is 12.3 Å². The molecule has 3 heterocycles. The number of thiazole rings is 1. The van der Waals surface area contributed by atoms with E-state index in [0.717, 1.165) is 32.9 Å². The number of carbonyl (C=O) groups excluding carboxylic acids is 1. The van der Waals surface area contributed by atoms with Crippen molar-refractivity contribution in [3.63, 3.8) is 0 Å². The summed E-state index contributed by atoms with van der Waals surface area (Å²) in [4.78, 5) is 28.8. The second-order valence-electron chi connectivity index (χ2n) is 5.96. The maximum absolute atomic E-state index is 12.1. The van der Waals surface area contributed by atoms with Gasteiger partial charge >= 0.3 is 5.97 Å². The summed E-state index contributed by atoms with van der Waals surface area (Å²) >= 11 is 1.31. The average molecular weight is 379 g/mol. The van der Waals surface area contributed by atoms with Gasteiger partial charge in [-0.2, -0.15) is 0 Å². The highest BCUT2D eigenvalue weighted by Crippen LogP contribution is 2.34. The predicted octanol–water partition coefficient (Wildman–Crippen LogP) is 3.82. The lowest BCUT2D eigenvalue weighted by atomic mass is 10.1. The van der Waals surface area contributed by atoms with Crippen molar-refractivity contribution in [2.24, 2.45) is 0 Å². The number of nitrogens with zero attached hydrogens (tertiary/aromatic N) is 3. The van der Waals surface area contributed by atoms with Crippen LogP contribution in [0.4, 0.5) is 5.69 Å². The Bertz CT molecular complexity index is 1130. The molecule has 0 saturated carbocycles. The minimum atomic E-state index is -0.348. The molecule has 3 N–H and O–H groups in total. The maximum atomic E-state index is 12.1. The third-order valence-electron chi connectivity index (χ3n) is 4.10. The highest BCUT2D eigenvalue weighted by atomic mass is 32.1. The number of hydrogen-bond acceptors (Lipinski definition) is 7. The number of nitrogens with one attached hydrogen (secondary N) is 1. The number of carbonyl (C=O) groups is 1. The SMILES string of the molecule is CCOC(=O)c1sc(-c2cc(N)c3[nH]c(-c4cnccn4)cc3c2)nc1C. The first kappa shape index (κ1) is 17.2. The molecule has 0 radical (unpaired) electrons. The number of hydrogen-bond donors (Lipinski definition) is 2. The van der Waals surface area contributed by atoms with Gasteiger partial charge in [-0.05, 0) is 32.0 Å². The Hall–Kier alpha value is -3.26. The van der Waals surface area contributed by atoms with Crippen LogP contribution >= 0.6 is 11.3 Å². The van der Waals surface area contributed by atoms with Crippen LogP contribution in [0.15, 0.2) is 36.8 Å². The lowest BCUT2D eigenvalue weighted by Gasteiger charge is -2.01. The fourth-order valence-corrected chi connectivity index (χ4v) is 3.82. The summed E-state index contributed by atoms with van der Waals surface area (Å²) < 4.78 is 5.09. The first-order valence-electron chi connectivity index (χ1n) is 8.40. The van der Waals surface area contributed by atoms with Gasteiger partial charge in [0.2, 0.25) is 0 Å². The van der Waals surface area contributed by atoms with Crippen LogP contribution in [0.5, 0.6) is 0 Å². The molecule has 0 atom stereocenters. The lowest BCUT2D eigenvalue weighted by molar-refractivity contribution is 0.0531. The molecule has 27 heavy (non-hydrogen) atoms. The molecular weight excluding hydrogens is 362 g/mol. The van der Waals surface area contributed by atoms with Crippen molar-refractivity contribution in [1.29, 1.82) is 0 Å². The third kappa shape index (κ3) is 3.15. The first-order valence-corrected chi connectivity index (χ1v) is 9.22. The van der Waals surface area contributed by atoms with Crippen molar-refractivity contribution in [1.82, 2.24) is 19.9 Å². The quantitative estimate of drug-likeness (QED) is 0.412. The second kappa shape index (κ2) is 6.81. The smallest absolute Gasteiger partial charge is 0.350 e. The predicted molar refractivity (Wildman–Crippen MR) is 106 cm³/mol. The topological polar surface area (TPSA) is 107 Å². The average Bonchev–Trinajstić information content (AvgIpc) is 3.27. The fourth-order valence-electron chi connectivity index (χ4n) is 2.88. The van der Waals surface area contributed by atoms with E-state index in [9.17, 15) is 4.79 Å². The normalized spacial score (nSPS) is 11.0. The van der Waals surface area contributed by atoms with Crippen molar-refractivity contribution >= 4 is 33.9 Å². The van der Waals surface area contributed by atoms with Crippen LogP contribution in [-0.4, -0.2) is 32.5 Å². The summed E-state index contributed by atoms with van der Waals surface area (Å²) in [7, 11) is 0. The van der Waals surface area contributed by atoms with Gasteiger partial charge in [-0.25, -0.2) is 9.78 Å². The maximum Gasteiger partial charge on any atom is 0.350 e. The second-order valence-corrected chi connectivity index (χ2v) is 6.96. The molecule has 0 aliphatic carbocycles. The molecule has 0 aliphatic rings. The molecule has 0 fully saturated rings. The van der Waals surface area contributed by atoms with Crippen LogP contribution < -0.4 is 5.73 Å².